The number of aromatic nitrogens is 3. The number of amides is 1. The summed E-state index contributed by atoms with van der Waals surface area (Å²) in [6, 6.07) is 9.74. The summed E-state index contributed by atoms with van der Waals surface area (Å²) < 4.78 is 6.90. The predicted octanol–water partition coefficient (Wildman–Crippen LogP) is 1.73. The van der Waals surface area contributed by atoms with Gasteiger partial charge in [-0.3, -0.25) is 28.8 Å². The van der Waals surface area contributed by atoms with Gasteiger partial charge in [-0.1, -0.05) is 11.6 Å². The second-order valence-corrected chi connectivity index (χ2v) is 8.62. The van der Waals surface area contributed by atoms with Crippen LogP contribution in [0.4, 0.5) is 5.82 Å². The molecule has 3 aromatic rings. The van der Waals surface area contributed by atoms with E-state index in [2.05, 4.69) is 20.2 Å². The summed E-state index contributed by atoms with van der Waals surface area (Å²) >= 11 is 5.83. The smallest absolute Gasteiger partial charge is 0.273 e. The van der Waals surface area contributed by atoms with Crippen molar-refractivity contribution in [1.82, 2.24) is 24.3 Å². The van der Waals surface area contributed by atoms with Crippen LogP contribution in [-0.4, -0.2) is 69.5 Å². The van der Waals surface area contributed by atoms with Crippen molar-refractivity contribution in [2.45, 2.75) is 13.5 Å². The van der Waals surface area contributed by atoms with E-state index in [9.17, 15) is 14.4 Å². The number of hydrogen-bond donors (Lipinski definition) is 2. The second-order valence-electron chi connectivity index (χ2n) is 8.19. The lowest BCUT2D eigenvalue weighted by Crippen LogP contribution is -2.49. The van der Waals surface area contributed by atoms with E-state index in [0.29, 0.717) is 28.8 Å². The summed E-state index contributed by atoms with van der Waals surface area (Å²) in [6.07, 6.45) is 3.03. The van der Waals surface area contributed by atoms with Gasteiger partial charge in [0.2, 0.25) is 5.91 Å². The highest BCUT2D eigenvalue weighted by atomic mass is 35.5. The number of ether oxygens (including phenoxy) is 1. The quantitative estimate of drug-likeness (QED) is 0.486. The number of nitrogens with one attached hydrogen (secondary N) is 2. The topological polar surface area (TPSA) is 113 Å². The van der Waals surface area contributed by atoms with Crippen LogP contribution in [0.2, 0.25) is 5.02 Å². The molecule has 0 aromatic carbocycles. The molecule has 0 radical (unpaired) electrons. The number of pyridine rings is 3. The molecule has 3 aromatic heterocycles. The Morgan fingerprint density at radius 1 is 1.14 bits per heavy atom. The highest BCUT2D eigenvalue weighted by Crippen LogP contribution is 2.12. The Morgan fingerprint density at radius 2 is 1.94 bits per heavy atom. The van der Waals surface area contributed by atoms with Crippen molar-refractivity contribution in [3.8, 4) is 11.4 Å². The first-order valence-electron chi connectivity index (χ1n) is 11.3. The average molecular weight is 499 g/mol. The maximum Gasteiger partial charge on any atom is 0.273 e. The molecule has 4 heterocycles. The van der Waals surface area contributed by atoms with Crippen LogP contribution in [0, 0.1) is 0 Å². The number of H-pyrrole nitrogens is 1. The summed E-state index contributed by atoms with van der Waals surface area (Å²) in [6.45, 7) is 6.34. The number of hydrogen-bond acceptors (Lipinski definition) is 7. The van der Waals surface area contributed by atoms with Crippen LogP contribution in [0.3, 0.4) is 0 Å². The number of carbonyl (C=O) groups is 1. The van der Waals surface area contributed by atoms with Crippen LogP contribution in [0.15, 0.2) is 58.4 Å². The van der Waals surface area contributed by atoms with E-state index in [1.54, 1.807) is 37.3 Å². The average Bonchev–Trinajstić information content (AvgIpc) is 2.85. The number of carbonyl (C=O) groups excluding carboxylic acids is 1. The molecule has 11 heteroatoms. The molecule has 2 N–H and O–H groups in total. The molecule has 0 bridgehead atoms. The lowest BCUT2D eigenvalue weighted by molar-refractivity contribution is -0.130. The molecule has 1 amide bonds. The Balaban J connectivity index is 1.32. The van der Waals surface area contributed by atoms with Gasteiger partial charge in [0.15, 0.2) is 0 Å². The second kappa shape index (κ2) is 11.2. The third kappa shape index (κ3) is 6.49. The molecule has 10 nitrogen and oxygen atoms in total. The molecule has 0 unspecified atom stereocenters. The third-order valence-electron chi connectivity index (χ3n) is 5.78. The first kappa shape index (κ1) is 24.5. The zero-order valence-corrected chi connectivity index (χ0v) is 20.1. The standard InChI is InChI=1S/C24H27ClN6O4/c1-17(32)30-12-10-29(11-13-30)9-7-26-22-5-4-21(24(34)28-22)31-8-6-20(14-23(31)33)35-16-19-3-2-18(25)15-27-19/h2-6,8,14-15H,7,9-13,16H2,1H3,(H2,26,28,34). The van der Waals surface area contributed by atoms with Crippen LogP contribution in [-0.2, 0) is 11.4 Å². The van der Waals surface area contributed by atoms with Crippen molar-refractivity contribution in [1.29, 1.82) is 0 Å². The summed E-state index contributed by atoms with van der Waals surface area (Å²) in [4.78, 5) is 47.7. The first-order valence-corrected chi connectivity index (χ1v) is 11.7. The summed E-state index contributed by atoms with van der Waals surface area (Å²) in [5.74, 6) is 1.06. The Morgan fingerprint density at radius 3 is 2.60 bits per heavy atom. The molecular weight excluding hydrogens is 472 g/mol. The SMILES string of the molecule is CC(=O)N1CCN(CCNc2ccc(-n3ccc(OCc4ccc(Cl)cn4)cc3=O)c(=O)[nH]2)CC1. The monoisotopic (exact) mass is 498 g/mol. The van der Waals surface area contributed by atoms with E-state index in [0.717, 1.165) is 32.7 Å². The lowest BCUT2D eigenvalue weighted by atomic mass is 10.3. The Labute approximate surface area is 207 Å². The van der Waals surface area contributed by atoms with Gasteiger partial charge in [-0.25, -0.2) is 0 Å². The van der Waals surface area contributed by atoms with Gasteiger partial charge in [0.05, 0.1) is 10.7 Å². The van der Waals surface area contributed by atoms with Gasteiger partial charge in [-0.15, -0.1) is 0 Å². The fourth-order valence-corrected chi connectivity index (χ4v) is 3.90. The Bertz CT molecular complexity index is 1280. The summed E-state index contributed by atoms with van der Waals surface area (Å²) in [7, 11) is 0. The first-order chi connectivity index (χ1) is 16.9. The van der Waals surface area contributed by atoms with Crippen molar-refractivity contribution in [3.05, 3.63) is 80.2 Å². The zero-order valence-electron chi connectivity index (χ0n) is 19.4. The number of piperazine rings is 1. The largest absolute Gasteiger partial charge is 0.487 e. The molecule has 1 fully saturated rings. The molecule has 0 aliphatic carbocycles. The van der Waals surface area contributed by atoms with E-state index >= 15 is 0 Å². The van der Waals surface area contributed by atoms with E-state index < -0.39 is 0 Å². The number of rotatable bonds is 8. The Kier molecular flexibility index (Phi) is 7.84. The van der Waals surface area contributed by atoms with Crippen molar-refractivity contribution in [2.24, 2.45) is 0 Å². The Hall–Kier alpha value is -3.63. The van der Waals surface area contributed by atoms with Crippen molar-refractivity contribution in [2.75, 3.05) is 44.6 Å². The van der Waals surface area contributed by atoms with Crippen molar-refractivity contribution < 1.29 is 9.53 Å². The van der Waals surface area contributed by atoms with Gasteiger partial charge in [0, 0.05) is 64.7 Å². The number of anilines is 1. The summed E-state index contributed by atoms with van der Waals surface area (Å²) in [5.41, 5.74) is 0.122. The minimum Gasteiger partial charge on any atom is -0.487 e. The molecule has 35 heavy (non-hydrogen) atoms. The molecule has 4 rings (SSSR count). The fourth-order valence-electron chi connectivity index (χ4n) is 3.79. The van der Waals surface area contributed by atoms with E-state index in [-0.39, 0.29) is 29.3 Å². The maximum absolute atomic E-state index is 12.6. The van der Waals surface area contributed by atoms with Crippen LogP contribution < -0.4 is 21.2 Å². The van der Waals surface area contributed by atoms with Crippen molar-refractivity contribution >= 4 is 23.3 Å². The van der Waals surface area contributed by atoms with Gasteiger partial charge in [-0.2, -0.15) is 0 Å². The molecule has 0 spiro atoms. The summed E-state index contributed by atoms with van der Waals surface area (Å²) in [5, 5.41) is 3.74. The van der Waals surface area contributed by atoms with Crippen LogP contribution >= 0.6 is 11.6 Å². The predicted molar refractivity (Wildman–Crippen MR) is 133 cm³/mol. The molecule has 0 atom stereocenters. The highest BCUT2D eigenvalue weighted by molar-refractivity contribution is 6.30. The number of nitrogens with zero attached hydrogens (tertiary/aromatic N) is 4. The third-order valence-corrected chi connectivity index (χ3v) is 6.00. The van der Waals surface area contributed by atoms with E-state index in [1.165, 1.54) is 23.0 Å². The van der Waals surface area contributed by atoms with Gasteiger partial charge < -0.3 is 19.9 Å². The molecule has 1 aliphatic heterocycles. The van der Waals surface area contributed by atoms with Gasteiger partial charge in [0.25, 0.3) is 11.1 Å². The van der Waals surface area contributed by atoms with Crippen LogP contribution in [0.5, 0.6) is 5.75 Å². The molecule has 0 saturated carbocycles. The van der Waals surface area contributed by atoms with Gasteiger partial charge >= 0.3 is 0 Å². The molecule has 184 valence electrons. The maximum atomic E-state index is 12.6. The zero-order chi connectivity index (χ0) is 24.8. The fraction of sp³-hybridized carbons (Fsp3) is 0.333. The molecule has 1 saturated heterocycles. The lowest BCUT2D eigenvalue weighted by Gasteiger charge is -2.34. The number of halogens is 1. The van der Waals surface area contributed by atoms with Crippen LogP contribution in [0.25, 0.3) is 5.69 Å². The van der Waals surface area contributed by atoms with Crippen LogP contribution in [0.1, 0.15) is 12.6 Å². The minimum atomic E-state index is -0.387. The highest BCUT2D eigenvalue weighted by Gasteiger charge is 2.18. The molecule has 1 aliphatic rings. The van der Waals surface area contributed by atoms with Gasteiger partial charge in [0.1, 0.15) is 23.9 Å². The number of aromatic amines is 1. The van der Waals surface area contributed by atoms with E-state index in [1.807, 2.05) is 4.90 Å². The minimum absolute atomic E-state index is 0.108. The normalized spacial score (nSPS) is 14.1. The van der Waals surface area contributed by atoms with E-state index in [4.69, 9.17) is 16.3 Å². The van der Waals surface area contributed by atoms with Gasteiger partial charge in [-0.05, 0) is 30.3 Å². The molecular formula is C24H27ClN6O4. The van der Waals surface area contributed by atoms with Crippen molar-refractivity contribution in [3.63, 3.8) is 0 Å².